The summed E-state index contributed by atoms with van der Waals surface area (Å²) in [5, 5.41) is 2.81. The molecule has 9 nitrogen and oxygen atoms in total. The van der Waals surface area contributed by atoms with Crippen molar-refractivity contribution < 1.29 is 27.4 Å². The van der Waals surface area contributed by atoms with Gasteiger partial charge in [-0.2, -0.15) is 18.2 Å². The van der Waals surface area contributed by atoms with Crippen LogP contribution in [0.1, 0.15) is 48.5 Å². The van der Waals surface area contributed by atoms with Crippen LogP contribution in [0.4, 0.5) is 24.8 Å². The topological polar surface area (TPSA) is 104 Å². The molecule has 4 rings (SSSR count). The van der Waals surface area contributed by atoms with Gasteiger partial charge >= 0.3 is 6.18 Å². The predicted octanol–water partition coefficient (Wildman–Crippen LogP) is 4.66. The Balaban J connectivity index is 1.60. The van der Waals surface area contributed by atoms with Crippen molar-refractivity contribution in [2.24, 2.45) is 15.9 Å². The first-order valence-electron chi connectivity index (χ1n) is 11.8. The summed E-state index contributed by atoms with van der Waals surface area (Å²) in [7, 11) is 1.43. The van der Waals surface area contributed by atoms with Gasteiger partial charge in [0.25, 0.3) is 5.91 Å². The molecule has 36 heavy (non-hydrogen) atoms. The van der Waals surface area contributed by atoms with Crippen LogP contribution in [0, 0.1) is 5.92 Å². The molecule has 0 aromatic carbocycles. The number of aromatic amines is 1. The van der Waals surface area contributed by atoms with Crippen LogP contribution in [-0.2, 0) is 10.9 Å². The minimum absolute atomic E-state index is 0.0563. The van der Waals surface area contributed by atoms with Crippen LogP contribution in [0.2, 0.25) is 0 Å². The van der Waals surface area contributed by atoms with Crippen LogP contribution in [-0.4, -0.2) is 65.9 Å². The molecular formula is C24H29F3N6O3. The fourth-order valence-electron chi connectivity index (χ4n) is 3.76. The molecular weight excluding hydrogens is 477 g/mol. The molecule has 1 aliphatic carbocycles. The van der Waals surface area contributed by atoms with Gasteiger partial charge in [-0.15, -0.1) is 0 Å². The molecule has 12 heteroatoms. The summed E-state index contributed by atoms with van der Waals surface area (Å²) >= 11 is 0. The van der Waals surface area contributed by atoms with Gasteiger partial charge in [0.1, 0.15) is 5.82 Å². The van der Waals surface area contributed by atoms with Gasteiger partial charge in [0.15, 0.2) is 11.6 Å². The fraction of sp³-hybridized carbons (Fsp3) is 0.500. The zero-order valence-corrected chi connectivity index (χ0v) is 20.2. The van der Waals surface area contributed by atoms with Gasteiger partial charge in [-0.05, 0) is 50.7 Å². The van der Waals surface area contributed by atoms with Crippen molar-refractivity contribution in [3.05, 3.63) is 35.7 Å². The number of aliphatic imine (C=N–C) groups is 2. The van der Waals surface area contributed by atoms with E-state index >= 15 is 0 Å². The maximum absolute atomic E-state index is 13.0. The van der Waals surface area contributed by atoms with E-state index in [1.165, 1.54) is 13.3 Å². The van der Waals surface area contributed by atoms with Crippen LogP contribution in [0.25, 0.3) is 0 Å². The third-order valence-corrected chi connectivity index (χ3v) is 5.98. The SMILES string of the molecule is COc1cc(C(=O)N2CCCCOCC2)cnc1N=C(N=C(C)C1CC1)Nc1cc(C(F)(F)F)c[nH]1. The molecule has 0 unspecified atom stereocenters. The minimum Gasteiger partial charge on any atom is -0.493 e. The Morgan fingerprint density at radius 2 is 2.06 bits per heavy atom. The molecule has 1 aliphatic heterocycles. The van der Waals surface area contributed by atoms with E-state index in [0.29, 0.717) is 37.8 Å². The maximum atomic E-state index is 13.0. The minimum atomic E-state index is -4.48. The van der Waals surface area contributed by atoms with Crippen molar-refractivity contribution in [3.63, 3.8) is 0 Å². The van der Waals surface area contributed by atoms with E-state index in [9.17, 15) is 18.0 Å². The maximum Gasteiger partial charge on any atom is 0.417 e. The molecule has 0 atom stereocenters. The predicted molar refractivity (Wildman–Crippen MR) is 129 cm³/mol. The summed E-state index contributed by atoms with van der Waals surface area (Å²) in [6.45, 7) is 4.14. The Kier molecular flexibility index (Phi) is 7.92. The van der Waals surface area contributed by atoms with Crippen molar-refractivity contribution in [1.82, 2.24) is 14.9 Å². The Morgan fingerprint density at radius 1 is 1.25 bits per heavy atom. The van der Waals surface area contributed by atoms with Crippen LogP contribution < -0.4 is 10.1 Å². The van der Waals surface area contributed by atoms with E-state index in [1.54, 1.807) is 11.0 Å². The number of halogens is 3. The van der Waals surface area contributed by atoms with Gasteiger partial charge in [-0.25, -0.2) is 9.98 Å². The molecule has 0 spiro atoms. The summed E-state index contributed by atoms with van der Waals surface area (Å²) in [6, 6.07) is 2.50. The number of carbonyl (C=O) groups excluding carboxylic acids is 1. The number of nitrogens with zero attached hydrogens (tertiary/aromatic N) is 4. The van der Waals surface area contributed by atoms with Crippen LogP contribution in [0.3, 0.4) is 0 Å². The standard InChI is InChI=1S/C24H29F3N6O3/c1-15(16-5-6-16)30-23(31-20-12-18(14-28-20)24(25,26)27)32-21-19(35-2)11-17(13-29-21)22(34)33-7-3-4-9-36-10-8-33/h11-14,16,28H,3-10H2,1-2H3,(H,29,31,32). The largest absolute Gasteiger partial charge is 0.493 e. The second kappa shape index (κ2) is 11.1. The average Bonchev–Trinajstić information content (AvgIpc) is 3.56. The molecule has 2 aromatic heterocycles. The summed E-state index contributed by atoms with van der Waals surface area (Å²) < 4.78 is 50.0. The summed E-state index contributed by atoms with van der Waals surface area (Å²) in [5.41, 5.74) is 0.340. The van der Waals surface area contributed by atoms with Gasteiger partial charge < -0.3 is 24.7 Å². The zero-order valence-electron chi connectivity index (χ0n) is 20.2. The van der Waals surface area contributed by atoms with Crippen LogP contribution in [0.15, 0.2) is 34.5 Å². The van der Waals surface area contributed by atoms with Crippen molar-refractivity contribution in [1.29, 1.82) is 0 Å². The van der Waals surface area contributed by atoms with E-state index in [4.69, 9.17) is 9.47 Å². The van der Waals surface area contributed by atoms with Crippen LogP contribution >= 0.6 is 0 Å². The molecule has 194 valence electrons. The number of pyridine rings is 1. The first-order chi connectivity index (χ1) is 17.2. The quantitative estimate of drug-likeness (QED) is 0.454. The molecule has 1 saturated carbocycles. The zero-order chi connectivity index (χ0) is 25.7. The number of ether oxygens (including phenoxy) is 2. The molecule has 2 fully saturated rings. The van der Waals surface area contributed by atoms with Gasteiger partial charge in [0.05, 0.1) is 24.8 Å². The number of carbonyl (C=O) groups is 1. The van der Waals surface area contributed by atoms with E-state index in [1.807, 2.05) is 6.92 Å². The molecule has 2 N–H and O–H groups in total. The van der Waals surface area contributed by atoms with E-state index in [0.717, 1.165) is 43.7 Å². The number of alkyl halides is 3. The van der Waals surface area contributed by atoms with Gasteiger partial charge in [-0.3, -0.25) is 4.79 Å². The molecule has 1 amide bonds. The number of hydrogen-bond donors (Lipinski definition) is 2. The second-order valence-electron chi connectivity index (χ2n) is 8.75. The molecule has 1 saturated heterocycles. The lowest BCUT2D eigenvalue weighted by atomic mass is 10.2. The Labute approximate surface area is 206 Å². The number of nitrogens with one attached hydrogen (secondary N) is 2. The number of amides is 1. The summed E-state index contributed by atoms with van der Waals surface area (Å²) in [5.74, 6) is 0.656. The van der Waals surface area contributed by atoms with Crippen molar-refractivity contribution in [3.8, 4) is 5.75 Å². The molecule has 2 aliphatic rings. The van der Waals surface area contributed by atoms with Crippen molar-refractivity contribution >= 4 is 29.2 Å². The normalized spacial score (nSPS) is 18.0. The molecule has 0 radical (unpaired) electrons. The number of rotatable bonds is 5. The van der Waals surface area contributed by atoms with E-state index in [2.05, 4.69) is 25.3 Å². The number of aromatic nitrogens is 2. The smallest absolute Gasteiger partial charge is 0.417 e. The number of hydrogen-bond acceptors (Lipinski definition) is 5. The first-order valence-corrected chi connectivity index (χ1v) is 11.8. The number of methoxy groups -OCH3 is 1. The van der Waals surface area contributed by atoms with Crippen molar-refractivity contribution in [2.45, 2.75) is 38.8 Å². The lowest BCUT2D eigenvalue weighted by molar-refractivity contribution is -0.137. The highest BCUT2D eigenvalue weighted by Crippen LogP contribution is 2.32. The summed E-state index contributed by atoms with van der Waals surface area (Å²) in [4.78, 5) is 30.5. The van der Waals surface area contributed by atoms with Gasteiger partial charge in [0, 0.05) is 37.8 Å². The first kappa shape index (κ1) is 25.7. The fourth-order valence-corrected chi connectivity index (χ4v) is 3.76. The average molecular weight is 507 g/mol. The Bertz CT molecular complexity index is 1130. The number of H-pyrrole nitrogens is 1. The lowest BCUT2D eigenvalue weighted by Crippen LogP contribution is -2.36. The molecule has 3 heterocycles. The highest BCUT2D eigenvalue weighted by atomic mass is 19.4. The van der Waals surface area contributed by atoms with Crippen LogP contribution in [0.5, 0.6) is 5.75 Å². The molecule has 0 bridgehead atoms. The molecule has 2 aromatic rings. The lowest BCUT2D eigenvalue weighted by Gasteiger charge is -2.25. The van der Waals surface area contributed by atoms with Gasteiger partial charge in [0.2, 0.25) is 5.96 Å². The third-order valence-electron chi connectivity index (χ3n) is 5.98. The monoisotopic (exact) mass is 506 g/mol. The van der Waals surface area contributed by atoms with E-state index in [-0.39, 0.29) is 29.3 Å². The second-order valence-corrected chi connectivity index (χ2v) is 8.75. The number of anilines is 1. The highest BCUT2D eigenvalue weighted by molar-refractivity contribution is 6.04. The number of guanidine groups is 1. The van der Waals surface area contributed by atoms with Gasteiger partial charge in [-0.1, -0.05) is 0 Å². The third kappa shape index (κ3) is 6.62. The summed E-state index contributed by atoms with van der Waals surface area (Å²) in [6.07, 6.45) is 1.54. The Morgan fingerprint density at radius 3 is 2.75 bits per heavy atom. The Hall–Kier alpha value is -3.41. The van der Waals surface area contributed by atoms with E-state index < -0.39 is 11.7 Å². The highest BCUT2D eigenvalue weighted by Gasteiger charge is 2.32. The van der Waals surface area contributed by atoms with Crippen molar-refractivity contribution in [2.75, 3.05) is 38.7 Å².